The quantitative estimate of drug-likeness (QED) is 0.847. The lowest BCUT2D eigenvalue weighted by atomic mass is 10.2. The third-order valence-corrected chi connectivity index (χ3v) is 5.84. The minimum atomic E-state index is -3.57. The zero-order valence-electron chi connectivity index (χ0n) is 11.2. The molecule has 1 aliphatic rings. The van der Waals surface area contributed by atoms with E-state index in [-0.39, 0.29) is 29.5 Å². The summed E-state index contributed by atoms with van der Waals surface area (Å²) in [5.74, 6) is 0.280. The number of sulfonamides is 1. The van der Waals surface area contributed by atoms with E-state index in [1.807, 2.05) is 6.92 Å². The molecule has 1 fully saturated rings. The lowest BCUT2D eigenvalue weighted by molar-refractivity contribution is -0.0152. The Morgan fingerprint density at radius 3 is 2.74 bits per heavy atom. The van der Waals surface area contributed by atoms with Crippen LogP contribution in [-0.2, 0) is 14.8 Å². The normalized spacial score (nSPS) is 25.7. The number of rotatable bonds is 3. The lowest BCUT2D eigenvalue weighted by Gasteiger charge is -2.36. The fourth-order valence-electron chi connectivity index (χ4n) is 2.26. The van der Waals surface area contributed by atoms with Crippen LogP contribution in [0, 0.1) is 13.8 Å². The molecule has 8 heteroatoms. The molecule has 1 aliphatic heterocycles. The summed E-state index contributed by atoms with van der Waals surface area (Å²) in [6.07, 6.45) is -0.264. The number of H-pyrrole nitrogens is 1. The van der Waals surface area contributed by atoms with E-state index in [9.17, 15) is 8.42 Å². The molecule has 2 heterocycles. The second-order valence-electron chi connectivity index (χ2n) is 4.80. The summed E-state index contributed by atoms with van der Waals surface area (Å²) >= 11 is 5.77. The van der Waals surface area contributed by atoms with Gasteiger partial charge in [0.25, 0.3) is 0 Å². The largest absolute Gasteiger partial charge is 0.374 e. The first kappa shape index (κ1) is 14.8. The van der Waals surface area contributed by atoms with Crippen molar-refractivity contribution in [2.45, 2.75) is 37.8 Å². The summed E-state index contributed by atoms with van der Waals surface area (Å²) in [7, 11) is -3.57. The Hall–Kier alpha value is -0.630. The Morgan fingerprint density at radius 1 is 1.53 bits per heavy atom. The molecule has 19 heavy (non-hydrogen) atoms. The number of hydrogen-bond acceptors (Lipinski definition) is 4. The highest BCUT2D eigenvalue weighted by Crippen LogP contribution is 2.26. The van der Waals surface area contributed by atoms with Gasteiger partial charge in [-0.3, -0.25) is 5.10 Å². The summed E-state index contributed by atoms with van der Waals surface area (Å²) in [5.41, 5.74) is 1.04. The monoisotopic (exact) mass is 307 g/mol. The molecule has 1 aromatic heterocycles. The zero-order valence-corrected chi connectivity index (χ0v) is 12.8. The lowest BCUT2D eigenvalue weighted by Crippen LogP contribution is -2.51. The number of ether oxygens (including phenoxy) is 1. The van der Waals surface area contributed by atoms with E-state index in [0.29, 0.717) is 18.0 Å². The fraction of sp³-hybridized carbons (Fsp3) is 0.727. The van der Waals surface area contributed by atoms with Gasteiger partial charge in [-0.1, -0.05) is 0 Å². The number of alkyl halides is 1. The average Bonchev–Trinajstić information content (AvgIpc) is 2.70. The van der Waals surface area contributed by atoms with Crippen LogP contribution in [0.4, 0.5) is 0 Å². The van der Waals surface area contributed by atoms with E-state index < -0.39 is 10.0 Å². The molecule has 0 bridgehead atoms. The van der Waals surface area contributed by atoms with Crippen molar-refractivity contribution in [3.05, 3.63) is 11.4 Å². The van der Waals surface area contributed by atoms with Crippen molar-refractivity contribution in [1.29, 1.82) is 0 Å². The fourth-order valence-corrected chi connectivity index (χ4v) is 4.43. The van der Waals surface area contributed by atoms with Gasteiger partial charge < -0.3 is 4.74 Å². The van der Waals surface area contributed by atoms with E-state index >= 15 is 0 Å². The van der Waals surface area contributed by atoms with E-state index in [1.165, 1.54) is 4.31 Å². The van der Waals surface area contributed by atoms with Gasteiger partial charge in [0, 0.05) is 18.5 Å². The molecule has 0 radical (unpaired) electrons. The summed E-state index contributed by atoms with van der Waals surface area (Å²) in [6, 6.07) is -0.210. The molecule has 0 aliphatic carbocycles. The molecule has 108 valence electrons. The third-order valence-electron chi connectivity index (χ3n) is 3.25. The first-order valence-electron chi connectivity index (χ1n) is 6.09. The maximum Gasteiger partial charge on any atom is 0.247 e. The van der Waals surface area contributed by atoms with E-state index in [2.05, 4.69) is 10.2 Å². The summed E-state index contributed by atoms with van der Waals surface area (Å²) in [5, 5.41) is 6.66. The summed E-state index contributed by atoms with van der Waals surface area (Å²) < 4.78 is 32.4. The third kappa shape index (κ3) is 2.65. The molecule has 2 unspecified atom stereocenters. The van der Waals surface area contributed by atoms with Crippen molar-refractivity contribution in [2.75, 3.05) is 19.0 Å². The minimum Gasteiger partial charge on any atom is -0.374 e. The predicted octanol–water partition coefficient (Wildman–Crippen LogP) is 1.04. The van der Waals surface area contributed by atoms with Crippen LogP contribution in [0.25, 0.3) is 0 Å². The van der Waals surface area contributed by atoms with Crippen LogP contribution >= 0.6 is 11.6 Å². The average molecular weight is 308 g/mol. The molecule has 2 rings (SSSR count). The van der Waals surface area contributed by atoms with E-state index in [0.717, 1.165) is 0 Å². The first-order chi connectivity index (χ1) is 8.87. The second-order valence-corrected chi connectivity index (χ2v) is 6.93. The molecular weight excluding hydrogens is 290 g/mol. The van der Waals surface area contributed by atoms with Gasteiger partial charge in [-0.2, -0.15) is 9.40 Å². The Labute approximate surface area is 118 Å². The van der Waals surface area contributed by atoms with Gasteiger partial charge in [-0.25, -0.2) is 8.42 Å². The summed E-state index contributed by atoms with van der Waals surface area (Å²) in [4.78, 5) is 0.259. The van der Waals surface area contributed by atoms with Crippen molar-refractivity contribution in [1.82, 2.24) is 14.5 Å². The van der Waals surface area contributed by atoms with Gasteiger partial charge in [0.15, 0.2) is 0 Å². The number of hydrogen-bond donors (Lipinski definition) is 1. The predicted molar refractivity (Wildman–Crippen MR) is 71.9 cm³/mol. The van der Waals surface area contributed by atoms with Gasteiger partial charge in [0.1, 0.15) is 4.90 Å². The van der Waals surface area contributed by atoms with Crippen molar-refractivity contribution >= 4 is 21.6 Å². The second kappa shape index (κ2) is 5.40. The van der Waals surface area contributed by atoms with Gasteiger partial charge in [0.05, 0.1) is 24.1 Å². The summed E-state index contributed by atoms with van der Waals surface area (Å²) in [6.45, 7) is 5.84. The van der Waals surface area contributed by atoms with E-state index in [1.54, 1.807) is 13.8 Å². The molecule has 2 atom stereocenters. The topological polar surface area (TPSA) is 75.3 Å². The van der Waals surface area contributed by atoms with Crippen LogP contribution in [0.1, 0.15) is 18.3 Å². The molecule has 1 aromatic rings. The SMILES string of the molecule is Cc1n[nH]c(C)c1S(=O)(=O)N1CC(CCl)OCC1C. The Balaban J connectivity index is 2.38. The Bertz CT molecular complexity index is 538. The number of morpholine rings is 1. The van der Waals surface area contributed by atoms with Gasteiger partial charge >= 0.3 is 0 Å². The number of nitrogens with one attached hydrogen (secondary N) is 1. The molecule has 0 saturated carbocycles. The van der Waals surface area contributed by atoms with Gasteiger partial charge in [0.2, 0.25) is 10.0 Å². The minimum absolute atomic E-state index is 0.210. The Kier molecular flexibility index (Phi) is 4.20. The molecule has 0 aromatic carbocycles. The number of halogens is 1. The molecule has 1 saturated heterocycles. The standard InChI is InChI=1S/C11H18ClN3O3S/c1-7-6-18-10(4-12)5-15(7)19(16,17)11-8(2)13-14-9(11)3/h7,10H,4-6H2,1-3H3,(H,13,14). The van der Waals surface area contributed by atoms with Crippen molar-refractivity contribution in [3.8, 4) is 0 Å². The highest BCUT2D eigenvalue weighted by Gasteiger charge is 2.37. The zero-order chi connectivity index (χ0) is 14.2. The Morgan fingerprint density at radius 2 is 2.21 bits per heavy atom. The van der Waals surface area contributed by atoms with Crippen molar-refractivity contribution in [2.24, 2.45) is 0 Å². The van der Waals surface area contributed by atoms with Crippen LogP contribution in [0.5, 0.6) is 0 Å². The molecule has 6 nitrogen and oxygen atoms in total. The molecule has 1 N–H and O–H groups in total. The maximum atomic E-state index is 12.7. The van der Waals surface area contributed by atoms with Crippen LogP contribution < -0.4 is 0 Å². The van der Waals surface area contributed by atoms with Crippen LogP contribution in [0.15, 0.2) is 4.90 Å². The number of nitrogens with zero attached hydrogens (tertiary/aromatic N) is 2. The highest BCUT2D eigenvalue weighted by atomic mass is 35.5. The van der Waals surface area contributed by atoms with Crippen LogP contribution in [0.3, 0.4) is 0 Å². The van der Waals surface area contributed by atoms with Gasteiger partial charge in [-0.15, -0.1) is 11.6 Å². The number of aromatic nitrogens is 2. The molecule has 0 spiro atoms. The van der Waals surface area contributed by atoms with Crippen molar-refractivity contribution in [3.63, 3.8) is 0 Å². The maximum absolute atomic E-state index is 12.7. The van der Waals surface area contributed by atoms with Crippen LogP contribution in [-0.4, -0.2) is 54.1 Å². The first-order valence-corrected chi connectivity index (χ1v) is 8.06. The molecule has 0 amide bonds. The van der Waals surface area contributed by atoms with Crippen molar-refractivity contribution < 1.29 is 13.2 Å². The number of aromatic amines is 1. The molecular formula is C11H18ClN3O3S. The van der Waals surface area contributed by atoms with Gasteiger partial charge in [-0.05, 0) is 20.8 Å². The smallest absolute Gasteiger partial charge is 0.247 e. The van der Waals surface area contributed by atoms with E-state index in [4.69, 9.17) is 16.3 Å². The highest BCUT2D eigenvalue weighted by molar-refractivity contribution is 7.89. The van der Waals surface area contributed by atoms with Crippen LogP contribution in [0.2, 0.25) is 0 Å². The number of aryl methyl sites for hydroxylation is 2.